The molecule has 1 aliphatic heterocycles. The maximum Gasteiger partial charge on any atom is 0.356 e. The van der Waals surface area contributed by atoms with Gasteiger partial charge in [-0.15, -0.1) is 0 Å². The minimum Gasteiger partial charge on any atom is -0.493 e. The second-order valence-corrected chi connectivity index (χ2v) is 6.33. The predicted molar refractivity (Wildman–Crippen MR) is 95.0 cm³/mol. The minimum atomic E-state index is -0.444. The van der Waals surface area contributed by atoms with Crippen LogP contribution in [-0.2, 0) is 4.74 Å². The maximum absolute atomic E-state index is 11.6. The molecule has 1 aromatic heterocycles. The van der Waals surface area contributed by atoms with E-state index in [1.165, 1.54) is 19.0 Å². The zero-order valence-electron chi connectivity index (χ0n) is 14.6. The molecule has 0 radical (unpaired) electrons. The quantitative estimate of drug-likeness (QED) is 0.779. The average molecular weight is 341 g/mol. The highest BCUT2D eigenvalue weighted by Gasteiger charge is 2.22. The number of carbonyl (C=O) groups is 1. The van der Waals surface area contributed by atoms with E-state index in [9.17, 15) is 4.79 Å². The minimum absolute atomic E-state index is 0.283. The third-order valence-corrected chi connectivity index (χ3v) is 4.37. The molecule has 1 saturated heterocycles. The van der Waals surface area contributed by atoms with E-state index in [0.29, 0.717) is 12.5 Å². The maximum atomic E-state index is 11.6. The summed E-state index contributed by atoms with van der Waals surface area (Å²) in [4.78, 5) is 22.1. The van der Waals surface area contributed by atoms with E-state index in [1.807, 2.05) is 18.2 Å². The van der Waals surface area contributed by atoms with Gasteiger partial charge in [-0.25, -0.2) is 14.8 Å². The molecule has 132 valence electrons. The molecular formula is C19H23N3O3. The van der Waals surface area contributed by atoms with E-state index in [2.05, 4.69) is 27.9 Å². The summed E-state index contributed by atoms with van der Waals surface area (Å²) in [6.07, 6.45) is 3.60. The van der Waals surface area contributed by atoms with Crippen molar-refractivity contribution < 1.29 is 14.3 Å². The van der Waals surface area contributed by atoms with E-state index < -0.39 is 5.97 Å². The van der Waals surface area contributed by atoms with Crippen LogP contribution in [0, 0.1) is 12.8 Å². The van der Waals surface area contributed by atoms with E-state index in [0.717, 1.165) is 37.5 Å². The first-order chi connectivity index (χ1) is 12.2. The molecule has 1 aromatic carbocycles. The Kier molecular flexibility index (Phi) is 5.48. The third kappa shape index (κ3) is 4.47. The summed E-state index contributed by atoms with van der Waals surface area (Å²) >= 11 is 0. The van der Waals surface area contributed by atoms with Gasteiger partial charge in [-0.05, 0) is 37.5 Å². The number of rotatable bonds is 5. The van der Waals surface area contributed by atoms with E-state index in [1.54, 1.807) is 6.07 Å². The normalized spacial score (nSPS) is 17.2. The highest BCUT2D eigenvalue weighted by Crippen LogP contribution is 2.23. The van der Waals surface area contributed by atoms with Crippen LogP contribution in [-0.4, -0.2) is 42.7 Å². The zero-order chi connectivity index (χ0) is 17.6. The van der Waals surface area contributed by atoms with Crippen LogP contribution >= 0.6 is 0 Å². The van der Waals surface area contributed by atoms with Crippen molar-refractivity contribution in [2.75, 3.05) is 31.7 Å². The first kappa shape index (κ1) is 17.2. The van der Waals surface area contributed by atoms with Gasteiger partial charge in [0.1, 0.15) is 17.9 Å². The number of anilines is 1. The van der Waals surface area contributed by atoms with E-state index >= 15 is 0 Å². The lowest BCUT2D eigenvalue weighted by atomic mass is 9.99. The number of aryl methyl sites for hydroxylation is 1. The van der Waals surface area contributed by atoms with Gasteiger partial charge in [-0.2, -0.15) is 0 Å². The van der Waals surface area contributed by atoms with Gasteiger partial charge < -0.3 is 14.4 Å². The van der Waals surface area contributed by atoms with Gasteiger partial charge in [-0.3, -0.25) is 0 Å². The highest BCUT2D eigenvalue weighted by molar-refractivity contribution is 5.87. The Morgan fingerprint density at radius 2 is 2.20 bits per heavy atom. The summed E-state index contributed by atoms with van der Waals surface area (Å²) in [6, 6.07) is 9.79. The number of aromatic nitrogens is 2. The smallest absolute Gasteiger partial charge is 0.356 e. The fraction of sp³-hybridized carbons (Fsp3) is 0.421. The van der Waals surface area contributed by atoms with Gasteiger partial charge in [0.05, 0.1) is 13.7 Å². The highest BCUT2D eigenvalue weighted by atomic mass is 16.5. The molecule has 3 rings (SSSR count). The number of nitrogens with zero attached hydrogens (tertiary/aromatic N) is 3. The van der Waals surface area contributed by atoms with Crippen LogP contribution in [0.25, 0.3) is 0 Å². The zero-order valence-corrected chi connectivity index (χ0v) is 14.6. The average Bonchev–Trinajstić information content (AvgIpc) is 2.66. The number of hydrogen-bond acceptors (Lipinski definition) is 6. The lowest BCUT2D eigenvalue weighted by Gasteiger charge is -2.33. The van der Waals surface area contributed by atoms with Gasteiger partial charge in [0.2, 0.25) is 0 Å². The van der Waals surface area contributed by atoms with Crippen molar-refractivity contribution in [2.24, 2.45) is 5.92 Å². The summed E-state index contributed by atoms with van der Waals surface area (Å²) < 4.78 is 10.7. The largest absolute Gasteiger partial charge is 0.493 e. The number of benzene rings is 1. The summed E-state index contributed by atoms with van der Waals surface area (Å²) in [7, 11) is 1.35. The fourth-order valence-electron chi connectivity index (χ4n) is 3.06. The SMILES string of the molecule is COC(=O)c1cc(N2CCC[C@H](COc3cccc(C)c3)C2)ncn1. The molecule has 1 atom stereocenters. The standard InChI is InChI=1S/C19H23N3O3/c1-14-5-3-7-16(9-14)25-12-15-6-4-8-22(11-15)18-10-17(19(23)24-2)20-13-21-18/h3,5,7,9-10,13,15H,4,6,8,11-12H2,1-2H3/t15-/m0/s1. The molecule has 6 heteroatoms. The van der Waals surface area contributed by atoms with Crippen LogP contribution in [0.1, 0.15) is 28.9 Å². The second kappa shape index (κ2) is 7.96. The van der Waals surface area contributed by atoms with Gasteiger partial charge in [0, 0.05) is 25.1 Å². The molecule has 2 aromatic rings. The van der Waals surface area contributed by atoms with Gasteiger partial charge >= 0.3 is 5.97 Å². The molecule has 0 saturated carbocycles. The first-order valence-corrected chi connectivity index (χ1v) is 8.50. The Hall–Kier alpha value is -2.63. The molecule has 0 unspecified atom stereocenters. The molecular weight excluding hydrogens is 318 g/mol. The molecule has 1 aliphatic rings. The molecule has 0 N–H and O–H groups in total. The number of esters is 1. The Morgan fingerprint density at radius 3 is 3.00 bits per heavy atom. The number of ether oxygens (including phenoxy) is 2. The summed E-state index contributed by atoms with van der Waals surface area (Å²) in [5.74, 6) is 1.65. The Balaban J connectivity index is 1.62. The number of methoxy groups -OCH3 is 1. The lowest BCUT2D eigenvalue weighted by molar-refractivity contribution is 0.0594. The number of carbonyl (C=O) groups excluding carboxylic acids is 1. The van der Waals surface area contributed by atoms with Crippen molar-refractivity contribution in [3.63, 3.8) is 0 Å². The van der Waals surface area contributed by atoms with Gasteiger partial charge in [0.15, 0.2) is 5.69 Å². The van der Waals surface area contributed by atoms with Crippen molar-refractivity contribution in [3.8, 4) is 5.75 Å². The third-order valence-electron chi connectivity index (χ3n) is 4.37. The molecule has 0 spiro atoms. The van der Waals surface area contributed by atoms with Crippen LogP contribution in [0.3, 0.4) is 0 Å². The molecule has 2 heterocycles. The Bertz CT molecular complexity index is 735. The molecule has 0 aliphatic carbocycles. The Morgan fingerprint density at radius 1 is 1.32 bits per heavy atom. The topological polar surface area (TPSA) is 64.5 Å². The lowest BCUT2D eigenvalue weighted by Crippen LogP contribution is -2.38. The van der Waals surface area contributed by atoms with Crippen LogP contribution in [0.15, 0.2) is 36.7 Å². The molecule has 0 bridgehead atoms. The number of hydrogen-bond donors (Lipinski definition) is 0. The first-order valence-electron chi connectivity index (χ1n) is 8.50. The fourth-order valence-corrected chi connectivity index (χ4v) is 3.06. The summed E-state index contributed by atoms with van der Waals surface area (Å²) in [5.41, 5.74) is 1.48. The molecule has 0 amide bonds. The predicted octanol–water partition coefficient (Wildman–Crippen LogP) is 2.87. The molecule has 25 heavy (non-hydrogen) atoms. The summed E-state index contributed by atoms with van der Waals surface area (Å²) in [5, 5.41) is 0. The van der Waals surface area contributed by atoms with Crippen molar-refractivity contribution in [2.45, 2.75) is 19.8 Å². The van der Waals surface area contributed by atoms with Crippen molar-refractivity contribution >= 4 is 11.8 Å². The van der Waals surface area contributed by atoms with Crippen molar-refractivity contribution in [3.05, 3.63) is 47.9 Å². The summed E-state index contributed by atoms with van der Waals surface area (Å²) in [6.45, 7) is 4.50. The van der Waals surface area contributed by atoms with Crippen LogP contribution < -0.4 is 9.64 Å². The Labute approximate surface area is 147 Å². The van der Waals surface area contributed by atoms with E-state index in [-0.39, 0.29) is 5.69 Å². The second-order valence-electron chi connectivity index (χ2n) is 6.33. The molecule has 6 nitrogen and oxygen atoms in total. The number of piperidine rings is 1. The molecule has 1 fully saturated rings. The van der Waals surface area contributed by atoms with E-state index in [4.69, 9.17) is 9.47 Å². The van der Waals surface area contributed by atoms with Crippen LogP contribution in [0.5, 0.6) is 5.75 Å². The monoisotopic (exact) mass is 341 g/mol. The van der Waals surface area contributed by atoms with Crippen LogP contribution in [0.2, 0.25) is 0 Å². The van der Waals surface area contributed by atoms with Gasteiger partial charge in [0.25, 0.3) is 0 Å². The van der Waals surface area contributed by atoms with Gasteiger partial charge in [-0.1, -0.05) is 12.1 Å². The van der Waals surface area contributed by atoms with Crippen LogP contribution in [0.4, 0.5) is 5.82 Å². The van der Waals surface area contributed by atoms with Crippen molar-refractivity contribution in [1.29, 1.82) is 0 Å². The van der Waals surface area contributed by atoms with Crippen molar-refractivity contribution in [1.82, 2.24) is 9.97 Å².